The summed E-state index contributed by atoms with van der Waals surface area (Å²) in [5.74, 6) is 0.251. The van der Waals surface area contributed by atoms with Crippen LogP contribution in [0, 0.1) is 12.8 Å². The van der Waals surface area contributed by atoms with Gasteiger partial charge in [-0.15, -0.1) is 0 Å². The van der Waals surface area contributed by atoms with Crippen molar-refractivity contribution >= 4 is 10.0 Å². The Morgan fingerprint density at radius 3 is 2.43 bits per heavy atom. The molecule has 3 atom stereocenters. The van der Waals surface area contributed by atoms with Crippen molar-refractivity contribution < 1.29 is 13.5 Å². The lowest BCUT2D eigenvalue weighted by atomic mass is 9.93. The van der Waals surface area contributed by atoms with Crippen molar-refractivity contribution in [2.24, 2.45) is 5.92 Å². The molecule has 5 nitrogen and oxygen atoms in total. The number of rotatable bonds is 7. The minimum absolute atomic E-state index is 0.175. The van der Waals surface area contributed by atoms with E-state index < -0.39 is 10.0 Å². The Kier molecular flexibility index (Phi) is 6.88. The molecule has 0 bridgehead atoms. The van der Waals surface area contributed by atoms with Gasteiger partial charge >= 0.3 is 0 Å². The van der Waals surface area contributed by atoms with Gasteiger partial charge in [0.1, 0.15) is 0 Å². The minimum Gasteiger partial charge on any atom is -0.396 e. The molecule has 28 heavy (non-hydrogen) atoms. The molecule has 2 aromatic carbocycles. The van der Waals surface area contributed by atoms with Gasteiger partial charge in [0.25, 0.3) is 0 Å². The maximum absolute atomic E-state index is 13.0. The largest absolute Gasteiger partial charge is 0.396 e. The quantitative estimate of drug-likeness (QED) is 0.747. The predicted octanol–water partition coefficient (Wildman–Crippen LogP) is 3.11. The third-order valence-electron chi connectivity index (χ3n) is 5.61. The number of nitrogens with one attached hydrogen (secondary N) is 1. The summed E-state index contributed by atoms with van der Waals surface area (Å²) in [5.41, 5.74) is 1.97. The molecule has 152 valence electrons. The molecular weight excluding hydrogens is 372 g/mol. The molecule has 1 aliphatic rings. The van der Waals surface area contributed by atoms with Crippen molar-refractivity contribution in [1.82, 2.24) is 9.62 Å². The van der Waals surface area contributed by atoms with Crippen LogP contribution >= 0.6 is 0 Å². The second kappa shape index (κ2) is 9.18. The summed E-state index contributed by atoms with van der Waals surface area (Å²) in [4.78, 5) is 2.57. The maximum atomic E-state index is 13.0. The standard InChI is InChI=1S/C22H30N2O3S/c1-17-8-12-21(13-9-17)28(26,27)23-22(20-6-4-3-5-7-20)15-24-14-19(16-25)11-10-18(24)2/h3-9,12-13,18-19,22-23,25H,10-11,14-16H2,1-2H3/t18-,19-,22-/m1/s1. The summed E-state index contributed by atoms with van der Waals surface area (Å²) in [6.45, 7) is 5.64. The van der Waals surface area contributed by atoms with Crippen LogP contribution in [0.3, 0.4) is 0 Å². The van der Waals surface area contributed by atoms with Gasteiger partial charge in [0.05, 0.1) is 10.9 Å². The molecular formula is C22H30N2O3S. The fourth-order valence-electron chi connectivity index (χ4n) is 3.77. The van der Waals surface area contributed by atoms with E-state index in [0.717, 1.165) is 30.5 Å². The molecule has 0 spiro atoms. The Bertz CT molecular complexity index is 853. The Morgan fingerprint density at radius 2 is 1.79 bits per heavy atom. The minimum atomic E-state index is -3.64. The highest BCUT2D eigenvalue weighted by atomic mass is 32.2. The average Bonchev–Trinajstić information content (AvgIpc) is 2.70. The number of hydrogen-bond donors (Lipinski definition) is 2. The zero-order valence-corrected chi connectivity index (χ0v) is 17.4. The van der Waals surface area contributed by atoms with E-state index in [1.807, 2.05) is 49.4 Å². The van der Waals surface area contributed by atoms with Crippen LogP contribution in [-0.2, 0) is 10.0 Å². The van der Waals surface area contributed by atoms with E-state index in [1.165, 1.54) is 0 Å². The SMILES string of the molecule is Cc1ccc(S(=O)(=O)N[C@H](CN2C[C@H](CO)CC[C@H]2C)c2ccccc2)cc1. The number of hydrogen-bond acceptors (Lipinski definition) is 4. The van der Waals surface area contributed by atoms with Crippen molar-refractivity contribution in [3.63, 3.8) is 0 Å². The highest BCUT2D eigenvalue weighted by molar-refractivity contribution is 7.89. The zero-order chi connectivity index (χ0) is 20.1. The number of nitrogens with zero attached hydrogens (tertiary/aromatic N) is 1. The number of aliphatic hydroxyl groups excluding tert-OH is 1. The third kappa shape index (κ3) is 5.20. The van der Waals surface area contributed by atoms with E-state index in [0.29, 0.717) is 12.6 Å². The maximum Gasteiger partial charge on any atom is 0.241 e. The molecule has 3 rings (SSSR count). The van der Waals surface area contributed by atoms with Gasteiger partial charge < -0.3 is 5.11 Å². The van der Waals surface area contributed by atoms with E-state index in [4.69, 9.17) is 0 Å². The van der Waals surface area contributed by atoms with E-state index in [1.54, 1.807) is 12.1 Å². The van der Waals surface area contributed by atoms with Gasteiger partial charge in [-0.2, -0.15) is 0 Å². The highest BCUT2D eigenvalue weighted by Gasteiger charge is 2.29. The van der Waals surface area contributed by atoms with Crippen molar-refractivity contribution in [3.05, 3.63) is 65.7 Å². The zero-order valence-electron chi connectivity index (χ0n) is 16.6. The van der Waals surface area contributed by atoms with Crippen molar-refractivity contribution in [2.45, 2.75) is 43.7 Å². The number of benzene rings is 2. The summed E-state index contributed by atoms with van der Waals surface area (Å²) in [6.07, 6.45) is 2.02. The average molecular weight is 403 g/mol. The molecule has 0 amide bonds. The first-order chi connectivity index (χ1) is 13.4. The van der Waals surface area contributed by atoms with Crippen LogP contribution in [-0.4, -0.2) is 44.2 Å². The van der Waals surface area contributed by atoms with Crippen LogP contribution in [0.4, 0.5) is 0 Å². The lowest BCUT2D eigenvalue weighted by Crippen LogP contribution is -2.47. The third-order valence-corrected chi connectivity index (χ3v) is 7.10. The van der Waals surface area contributed by atoms with Gasteiger partial charge in [-0.05, 0) is 50.3 Å². The Hall–Kier alpha value is -1.73. The van der Waals surface area contributed by atoms with E-state index >= 15 is 0 Å². The molecule has 0 aromatic heterocycles. The Morgan fingerprint density at radius 1 is 1.11 bits per heavy atom. The number of aryl methyl sites for hydroxylation is 1. The van der Waals surface area contributed by atoms with Gasteiger partial charge in [-0.1, -0.05) is 48.0 Å². The Labute approximate surface area is 168 Å². The van der Waals surface area contributed by atoms with E-state index in [2.05, 4.69) is 16.5 Å². The van der Waals surface area contributed by atoms with Crippen LogP contribution in [0.15, 0.2) is 59.5 Å². The molecule has 0 unspecified atom stereocenters. The molecule has 1 saturated heterocycles. The molecule has 1 fully saturated rings. The summed E-state index contributed by atoms with van der Waals surface area (Å²) in [5, 5.41) is 9.57. The lowest BCUT2D eigenvalue weighted by molar-refractivity contribution is 0.0767. The molecule has 1 aliphatic heterocycles. The topological polar surface area (TPSA) is 69.6 Å². The molecule has 2 N–H and O–H groups in total. The first-order valence-corrected chi connectivity index (χ1v) is 11.4. The summed E-state index contributed by atoms with van der Waals surface area (Å²) in [6, 6.07) is 16.6. The molecule has 0 aliphatic carbocycles. The Balaban J connectivity index is 1.84. The van der Waals surface area contributed by atoms with Crippen LogP contribution in [0.25, 0.3) is 0 Å². The van der Waals surface area contributed by atoms with Gasteiger partial charge in [0.15, 0.2) is 0 Å². The fourth-order valence-corrected chi connectivity index (χ4v) is 4.98. The van der Waals surface area contributed by atoms with Crippen molar-refractivity contribution in [3.8, 4) is 0 Å². The molecule has 0 saturated carbocycles. The molecule has 6 heteroatoms. The van der Waals surface area contributed by atoms with E-state index in [-0.39, 0.29) is 23.5 Å². The van der Waals surface area contributed by atoms with E-state index in [9.17, 15) is 13.5 Å². The molecule has 2 aromatic rings. The number of likely N-dealkylation sites (tertiary alicyclic amines) is 1. The van der Waals surface area contributed by atoms with Gasteiger partial charge in [0.2, 0.25) is 10.0 Å². The number of piperidine rings is 1. The first-order valence-electron chi connectivity index (χ1n) is 9.88. The van der Waals surface area contributed by atoms with Crippen LogP contribution in [0.5, 0.6) is 0 Å². The second-order valence-electron chi connectivity index (χ2n) is 7.83. The monoisotopic (exact) mass is 402 g/mol. The second-order valence-corrected chi connectivity index (χ2v) is 9.54. The van der Waals surface area contributed by atoms with Gasteiger partial charge in [-0.25, -0.2) is 13.1 Å². The van der Waals surface area contributed by atoms with Gasteiger partial charge in [-0.3, -0.25) is 4.90 Å². The summed E-state index contributed by atoms with van der Waals surface area (Å²) >= 11 is 0. The first kappa shape index (κ1) is 21.0. The fraction of sp³-hybridized carbons (Fsp3) is 0.455. The van der Waals surface area contributed by atoms with Crippen LogP contribution < -0.4 is 4.72 Å². The van der Waals surface area contributed by atoms with Crippen molar-refractivity contribution in [1.29, 1.82) is 0 Å². The normalized spacial score (nSPS) is 22.1. The van der Waals surface area contributed by atoms with Gasteiger partial charge in [0, 0.05) is 25.7 Å². The van der Waals surface area contributed by atoms with Crippen LogP contribution in [0.2, 0.25) is 0 Å². The van der Waals surface area contributed by atoms with Crippen molar-refractivity contribution in [2.75, 3.05) is 19.7 Å². The molecule has 0 radical (unpaired) electrons. The smallest absolute Gasteiger partial charge is 0.241 e. The van der Waals surface area contributed by atoms with Crippen LogP contribution in [0.1, 0.15) is 36.9 Å². The number of aliphatic hydroxyl groups is 1. The molecule has 1 heterocycles. The number of sulfonamides is 1. The summed E-state index contributed by atoms with van der Waals surface area (Å²) in [7, 11) is -3.64. The predicted molar refractivity (Wildman–Crippen MR) is 112 cm³/mol. The highest BCUT2D eigenvalue weighted by Crippen LogP contribution is 2.26. The lowest BCUT2D eigenvalue weighted by Gasteiger charge is -2.39. The summed E-state index contributed by atoms with van der Waals surface area (Å²) < 4.78 is 28.9.